The van der Waals surface area contributed by atoms with Crippen molar-refractivity contribution >= 4 is 0 Å². The zero-order valence-corrected chi connectivity index (χ0v) is 13.3. The highest BCUT2D eigenvalue weighted by atomic mass is 16.4. The number of benzene rings is 1. The fourth-order valence-corrected chi connectivity index (χ4v) is 3.33. The highest BCUT2D eigenvalue weighted by molar-refractivity contribution is 5.47. The van der Waals surface area contributed by atoms with Crippen LogP contribution in [-0.4, -0.2) is 9.97 Å². The fraction of sp³-hybridized carbons (Fsp3) is 0.250. The molecule has 2 heterocycles. The number of nitriles is 1. The van der Waals surface area contributed by atoms with Gasteiger partial charge >= 0.3 is 0 Å². The first-order valence-corrected chi connectivity index (χ1v) is 8.23. The van der Waals surface area contributed by atoms with Gasteiger partial charge in [-0.3, -0.25) is 4.98 Å². The summed E-state index contributed by atoms with van der Waals surface area (Å²) in [7, 11) is 0. The van der Waals surface area contributed by atoms with Crippen LogP contribution in [0.2, 0.25) is 0 Å². The number of fused-ring (bicyclic) bond motifs is 1. The number of pyridine rings is 1. The van der Waals surface area contributed by atoms with Gasteiger partial charge < -0.3 is 4.42 Å². The summed E-state index contributed by atoms with van der Waals surface area (Å²) in [6.45, 7) is 0. The minimum Gasteiger partial charge on any atom is -0.440 e. The number of rotatable bonds is 2. The molecule has 0 bridgehead atoms. The van der Waals surface area contributed by atoms with Gasteiger partial charge in [-0.1, -0.05) is 18.2 Å². The van der Waals surface area contributed by atoms with Crippen LogP contribution in [0, 0.1) is 11.3 Å². The summed E-state index contributed by atoms with van der Waals surface area (Å²) >= 11 is 0. The van der Waals surface area contributed by atoms with Crippen molar-refractivity contribution in [2.45, 2.75) is 31.6 Å². The maximum Gasteiger partial charge on any atom is 0.245 e. The van der Waals surface area contributed by atoms with Gasteiger partial charge in [-0.05, 0) is 48.6 Å². The normalized spacial score (nSPS) is 16.9. The lowest BCUT2D eigenvalue weighted by Crippen LogP contribution is -2.02. The molecule has 0 spiro atoms. The molecule has 1 atom stereocenters. The summed E-state index contributed by atoms with van der Waals surface area (Å²) in [5, 5.41) is 9.12. The van der Waals surface area contributed by atoms with Gasteiger partial charge in [0.05, 0.1) is 17.3 Å². The largest absolute Gasteiger partial charge is 0.440 e. The first-order chi connectivity index (χ1) is 11.8. The molecule has 0 N–H and O–H groups in total. The number of aryl methyl sites for hydroxylation is 1. The molecule has 0 amide bonds. The third kappa shape index (κ3) is 2.81. The second-order valence-electron chi connectivity index (χ2n) is 6.13. The van der Waals surface area contributed by atoms with Gasteiger partial charge in [0, 0.05) is 19.0 Å². The van der Waals surface area contributed by atoms with Crippen LogP contribution in [0.5, 0.6) is 0 Å². The Bertz CT molecular complexity index is 893. The van der Waals surface area contributed by atoms with Crippen LogP contribution in [0.15, 0.2) is 53.1 Å². The monoisotopic (exact) mass is 315 g/mol. The van der Waals surface area contributed by atoms with Gasteiger partial charge in [0.2, 0.25) is 5.89 Å². The highest BCUT2D eigenvalue weighted by Crippen LogP contribution is 2.33. The molecule has 3 aromatic rings. The Labute approximate surface area is 140 Å². The summed E-state index contributed by atoms with van der Waals surface area (Å²) in [6.07, 6.45) is 5.65. The van der Waals surface area contributed by atoms with E-state index < -0.39 is 0 Å². The Hall–Kier alpha value is -2.93. The summed E-state index contributed by atoms with van der Waals surface area (Å²) in [4.78, 5) is 9.03. The van der Waals surface area contributed by atoms with E-state index in [1.165, 1.54) is 5.56 Å². The average molecular weight is 315 g/mol. The Morgan fingerprint density at radius 2 is 2.12 bits per heavy atom. The van der Waals surface area contributed by atoms with Crippen molar-refractivity contribution in [1.29, 1.82) is 5.26 Å². The number of oxazole rings is 1. The van der Waals surface area contributed by atoms with E-state index in [-0.39, 0.29) is 0 Å². The molecule has 0 radical (unpaired) electrons. The molecule has 1 unspecified atom stereocenters. The van der Waals surface area contributed by atoms with Crippen LogP contribution in [0.3, 0.4) is 0 Å². The third-order valence-corrected chi connectivity index (χ3v) is 4.55. The smallest absolute Gasteiger partial charge is 0.245 e. The Balaban J connectivity index is 1.65. The lowest BCUT2D eigenvalue weighted by molar-refractivity contribution is 0.505. The van der Waals surface area contributed by atoms with E-state index in [2.05, 4.69) is 17.1 Å². The summed E-state index contributed by atoms with van der Waals surface area (Å²) < 4.78 is 5.98. The first kappa shape index (κ1) is 14.6. The van der Waals surface area contributed by atoms with E-state index in [9.17, 15) is 0 Å². The van der Waals surface area contributed by atoms with Crippen molar-refractivity contribution in [3.8, 4) is 17.7 Å². The van der Waals surface area contributed by atoms with Crippen molar-refractivity contribution in [3.05, 3.63) is 71.2 Å². The second kappa shape index (κ2) is 6.29. The van der Waals surface area contributed by atoms with E-state index in [4.69, 9.17) is 14.7 Å². The van der Waals surface area contributed by atoms with Crippen LogP contribution in [-0.2, 0) is 12.8 Å². The van der Waals surface area contributed by atoms with Crippen molar-refractivity contribution in [2.24, 2.45) is 0 Å². The van der Waals surface area contributed by atoms with E-state index in [0.717, 1.165) is 42.8 Å². The lowest BCUT2D eigenvalue weighted by Gasteiger charge is -2.14. The summed E-state index contributed by atoms with van der Waals surface area (Å²) in [5.41, 5.74) is 3.73. The SMILES string of the molecule is N#Cc1cccc(C2CCCc3oc(-c4ccccn4)nc3C2)c1. The maximum absolute atomic E-state index is 9.12. The molecule has 0 saturated heterocycles. The predicted octanol–water partition coefficient (Wildman–Crippen LogP) is 4.27. The van der Waals surface area contributed by atoms with Gasteiger partial charge in [-0.15, -0.1) is 0 Å². The van der Waals surface area contributed by atoms with Crippen molar-refractivity contribution in [3.63, 3.8) is 0 Å². The van der Waals surface area contributed by atoms with Gasteiger partial charge in [0.25, 0.3) is 0 Å². The molecule has 1 aliphatic carbocycles. The van der Waals surface area contributed by atoms with Crippen molar-refractivity contribution < 1.29 is 4.42 Å². The van der Waals surface area contributed by atoms with Crippen molar-refractivity contribution in [1.82, 2.24) is 9.97 Å². The number of aromatic nitrogens is 2. The molecule has 118 valence electrons. The predicted molar refractivity (Wildman–Crippen MR) is 90.3 cm³/mol. The summed E-state index contributed by atoms with van der Waals surface area (Å²) in [6, 6.07) is 15.9. The molecule has 24 heavy (non-hydrogen) atoms. The number of hydrogen-bond donors (Lipinski definition) is 0. The van der Waals surface area contributed by atoms with Gasteiger partial charge in [0.15, 0.2) is 0 Å². The van der Waals surface area contributed by atoms with Crippen molar-refractivity contribution in [2.75, 3.05) is 0 Å². The first-order valence-electron chi connectivity index (χ1n) is 8.23. The van der Waals surface area contributed by atoms with Crippen LogP contribution < -0.4 is 0 Å². The molecule has 0 saturated carbocycles. The molecule has 4 heteroatoms. The topological polar surface area (TPSA) is 62.7 Å². The maximum atomic E-state index is 9.12. The Kier molecular flexibility index (Phi) is 3.84. The van der Waals surface area contributed by atoms with Gasteiger partial charge in [-0.2, -0.15) is 5.26 Å². The minimum absolute atomic E-state index is 0.376. The van der Waals surface area contributed by atoms with E-state index >= 15 is 0 Å². The van der Waals surface area contributed by atoms with Gasteiger partial charge in [-0.25, -0.2) is 4.98 Å². The van der Waals surface area contributed by atoms with E-state index in [1.54, 1.807) is 6.20 Å². The minimum atomic E-state index is 0.376. The molecule has 4 nitrogen and oxygen atoms in total. The van der Waals surface area contributed by atoms with E-state index in [1.807, 2.05) is 36.4 Å². The molecule has 0 fully saturated rings. The quantitative estimate of drug-likeness (QED) is 0.662. The molecular formula is C20H17N3O. The molecule has 0 aliphatic heterocycles. The molecule has 4 rings (SSSR count). The van der Waals surface area contributed by atoms with Crippen LogP contribution in [0.4, 0.5) is 0 Å². The third-order valence-electron chi connectivity index (χ3n) is 4.55. The summed E-state index contributed by atoms with van der Waals surface area (Å²) in [5.74, 6) is 1.96. The van der Waals surface area contributed by atoms with E-state index in [0.29, 0.717) is 17.4 Å². The molecule has 2 aromatic heterocycles. The Morgan fingerprint density at radius 1 is 1.17 bits per heavy atom. The molecule has 1 aromatic carbocycles. The standard InChI is InChI=1S/C20H17N3O/c21-13-14-5-3-6-15(11-14)16-7-4-9-19-18(12-16)23-20(24-19)17-8-1-2-10-22-17/h1-3,5-6,8,10-11,16H,4,7,9,12H2. The number of nitrogens with zero attached hydrogens (tertiary/aromatic N) is 3. The Morgan fingerprint density at radius 3 is 2.96 bits per heavy atom. The van der Waals surface area contributed by atoms with Crippen LogP contribution in [0.25, 0.3) is 11.6 Å². The zero-order chi connectivity index (χ0) is 16.4. The van der Waals surface area contributed by atoms with Gasteiger partial charge in [0.1, 0.15) is 11.5 Å². The van der Waals surface area contributed by atoms with Crippen LogP contribution in [0.1, 0.15) is 41.3 Å². The lowest BCUT2D eigenvalue weighted by atomic mass is 9.90. The highest BCUT2D eigenvalue weighted by Gasteiger charge is 2.24. The molecular weight excluding hydrogens is 298 g/mol. The fourth-order valence-electron chi connectivity index (χ4n) is 3.33. The molecule has 1 aliphatic rings. The number of hydrogen-bond acceptors (Lipinski definition) is 4. The van der Waals surface area contributed by atoms with Crippen LogP contribution >= 0.6 is 0 Å². The second-order valence-corrected chi connectivity index (χ2v) is 6.13. The average Bonchev–Trinajstić information content (AvgIpc) is 2.94. The zero-order valence-electron chi connectivity index (χ0n) is 13.3.